The molecule has 0 bridgehead atoms. The molecule has 1 aliphatic rings. The highest BCUT2D eigenvalue weighted by molar-refractivity contribution is 5.82. The molecule has 1 amide bonds. The lowest BCUT2D eigenvalue weighted by molar-refractivity contribution is -0.135. The van der Waals surface area contributed by atoms with E-state index in [-0.39, 0.29) is 23.8 Å². The normalized spacial score (nSPS) is 23.9. The van der Waals surface area contributed by atoms with Crippen LogP contribution in [0.1, 0.15) is 33.6 Å². The molecule has 0 aliphatic carbocycles. The summed E-state index contributed by atoms with van der Waals surface area (Å²) in [6.45, 7) is 7.78. The summed E-state index contributed by atoms with van der Waals surface area (Å²) < 4.78 is 5.45. The van der Waals surface area contributed by atoms with Crippen molar-refractivity contribution < 1.29 is 14.7 Å². The molecule has 6 heteroatoms. The van der Waals surface area contributed by atoms with Gasteiger partial charge in [-0.25, -0.2) is 0 Å². The fraction of sp³-hybridized carbons (Fsp3) is 0.846. The molecule has 110 valence electrons. The van der Waals surface area contributed by atoms with E-state index in [1.54, 1.807) is 4.90 Å². The number of amides is 1. The van der Waals surface area contributed by atoms with Crippen LogP contribution in [-0.4, -0.2) is 47.7 Å². The van der Waals surface area contributed by atoms with Crippen molar-refractivity contribution in [2.24, 2.45) is 22.7 Å². The number of carbonyl (C=O) groups excluding carboxylic acids is 1. The van der Waals surface area contributed by atoms with Crippen LogP contribution in [0.4, 0.5) is 0 Å². The van der Waals surface area contributed by atoms with Gasteiger partial charge in [0, 0.05) is 19.5 Å². The molecule has 1 saturated heterocycles. The lowest BCUT2D eigenvalue weighted by Gasteiger charge is -2.26. The van der Waals surface area contributed by atoms with Gasteiger partial charge in [0.15, 0.2) is 0 Å². The maximum atomic E-state index is 12.4. The van der Waals surface area contributed by atoms with Crippen LogP contribution in [-0.2, 0) is 9.53 Å². The number of hydrogen-bond acceptors (Lipinski definition) is 4. The fourth-order valence-electron chi connectivity index (χ4n) is 2.28. The van der Waals surface area contributed by atoms with E-state index in [0.29, 0.717) is 32.0 Å². The third-order valence-electron chi connectivity index (χ3n) is 3.21. The van der Waals surface area contributed by atoms with Gasteiger partial charge >= 0.3 is 0 Å². The number of ether oxygens (including phenoxy) is 1. The minimum Gasteiger partial charge on any atom is -0.409 e. The predicted octanol–water partition coefficient (Wildman–Crippen LogP) is 1.03. The van der Waals surface area contributed by atoms with E-state index in [4.69, 9.17) is 15.7 Å². The standard InChI is InChI=1S/C13H25N3O3/c1-9(2)7-16(5-4-12(14)15-18)13(17)11-6-10(3)19-8-11/h9-11,18H,4-8H2,1-3H3,(H2,14,15). The highest BCUT2D eigenvalue weighted by atomic mass is 16.5. The van der Waals surface area contributed by atoms with E-state index in [9.17, 15) is 4.79 Å². The average Bonchev–Trinajstić information content (AvgIpc) is 2.79. The first kappa shape index (κ1) is 15.8. The highest BCUT2D eigenvalue weighted by Gasteiger charge is 2.31. The largest absolute Gasteiger partial charge is 0.409 e. The SMILES string of the molecule is CC(C)CN(CCC(N)=NO)C(=O)C1COC(C)C1. The van der Waals surface area contributed by atoms with Crippen molar-refractivity contribution >= 4 is 11.7 Å². The zero-order chi connectivity index (χ0) is 14.4. The number of nitrogens with zero attached hydrogens (tertiary/aromatic N) is 2. The number of oxime groups is 1. The summed E-state index contributed by atoms with van der Waals surface area (Å²) in [6.07, 6.45) is 1.31. The summed E-state index contributed by atoms with van der Waals surface area (Å²) in [4.78, 5) is 14.2. The van der Waals surface area contributed by atoms with Crippen LogP contribution in [0, 0.1) is 11.8 Å². The maximum absolute atomic E-state index is 12.4. The molecule has 1 heterocycles. The minimum absolute atomic E-state index is 0.0546. The molecular formula is C13H25N3O3. The van der Waals surface area contributed by atoms with E-state index in [2.05, 4.69) is 19.0 Å². The Kier molecular flexibility index (Phi) is 6.08. The Hall–Kier alpha value is -1.30. The fourth-order valence-corrected chi connectivity index (χ4v) is 2.28. The molecule has 6 nitrogen and oxygen atoms in total. The molecule has 2 atom stereocenters. The Morgan fingerprint density at radius 1 is 1.58 bits per heavy atom. The molecular weight excluding hydrogens is 246 g/mol. The number of hydrogen-bond donors (Lipinski definition) is 2. The van der Waals surface area contributed by atoms with Gasteiger partial charge in [0.2, 0.25) is 5.91 Å². The zero-order valence-corrected chi connectivity index (χ0v) is 12.0. The van der Waals surface area contributed by atoms with Gasteiger partial charge in [-0.3, -0.25) is 4.79 Å². The first-order valence-electron chi connectivity index (χ1n) is 6.80. The Labute approximate surface area is 114 Å². The second-order valence-corrected chi connectivity index (χ2v) is 5.60. The maximum Gasteiger partial charge on any atom is 0.228 e. The van der Waals surface area contributed by atoms with E-state index in [1.165, 1.54) is 0 Å². The molecule has 0 spiro atoms. The van der Waals surface area contributed by atoms with Crippen molar-refractivity contribution in [2.45, 2.75) is 39.7 Å². The summed E-state index contributed by atoms with van der Waals surface area (Å²) in [5.41, 5.74) is 5.47. The van der Waals surface area contributed by atoms with Crippen molar-refractivity contribution in [1.29, 1.82) is 0 Å². The number of amidine groups is 1. The molecule has 19 heavy (non-hydrogen) atoms. The molecule has 1 fully saturated rings. The van der Waals surface area contributed by atoms with E-state index in [1.807, 2.05) is 6.92 Å². The molecule has 0 aromatic rings. The second kappa shape index (κ2) is 7.33. The summed E-state index contributed by atoms with van der Waals surface area (Å²) in [5.74, 6) is 0.596. The van der Waals surface area contributed by atoms with Gasteiger partial charge in [-0.2, -0.15) is 0 Å². The molecule has 0 radical (unpaired) electrons. The predicted molar refractivity (Wildman–Crippen MR) is 73.0 cm³/mol. The molecule has 2 unspecified atom stereocenters. The quantitative estimate of drug-likeness (QED) is 0.327. The van der Waals surface area contributed by atoms with Crippen molar-refractivity contribution in [2.75, 3.05) is 19.7 Å². The van der Waals surface area contributed by atoms with Crippen LogP contribution in [0.3, 0.4) is 0 Å². The number of carbonyl (C=O) groups is 1. The molecule has 1 aliphatic heterocycles. The smallest absolute Gasteiger partial charge is 0.228 e. The summed E-state index contributed by atoms with van der Waals surface area (Å²) in [6, 6.07) is 0. The summed E-state index contributed by atoms with van der Waals surface area (Å²) in [5, 5.41) is 11.5. The summed E-state index contributed by atoms with van der Waals surface area (Å²) in [7, 11) is 0. The van der Waals surface area contributed by atoms with Crippen LogP contribution in [0.25, 0.3) is 0 Å². The van der Waals surface area contributed by atoms with E-state index >= 15 is 0 Å². The third-order valence-corrected chi connectivity index (χ3v) is 3.21. The van der Waals surface area contributed by atoms with Crippen molar-refractivity contribution in [3.05, 3.63) is 0 Å². The van der Waals surface area contributed by atoms with Gasteiger partial charge < -0.3 is 20.6 Å². The Balaban J connectivity index is 2.59. The minimum atomic E-state index is -0.0546. The van der Waals surface area contributed by atoms with Crippen molar-refractivity contribution in [3.8, 4) is 0 Å². The van der Waals surface area contributed by atoms with Gasteiger partial charge in [-0.15, -0.1) is 0 Å². The van der Waals surface area contributed by atoms with Crippen LogP contribution in [0.15, 0.2) is 5.16 Å². The molecule has 0 aromatic carbocycles. The lowest BCUT2D eigenvalue weighted by atomic mass is 10.0. The number of rotatable bonds is 6. The monoisotopic (exact) mass is 271 g/mol. The van der Waals surface area contributed by atoms with Crippen LogP contribution < -0.4 is 5.73 Å². The summed E-state index contributed by atoms with van der Waals surface area (Å²) >= 11 is 0. The van der Waals surface area contributed by atoms with Crippen LogP contribution in [0.2, 0.25) is 0 Å². The molecule has 0 aromatic heterocycles. The topological polar surface area (TPSA) is 88.1 Å². The highest BCUT2D eigenvalue weighted by Crippen LogP contribution is 2.21. The van der Waals surface area contributed by atoms with E-state index < -0.39 is 0 Å². The lowest BCUT2D eigenvalue weighted by Crippen LogP contribution is -2.40. The number of nitrogens with two attached hydrogens (primary N) is 1. The Bertz CT molecular complexity index is 331. The van der Waals surface area contributed by atoms with Gasteiger partial charge in [0.1, 0.15) is 5.84 Å². The average molecular weight is 271 g/mol. The van der Waals surface area contributed by atoms with Crippen molar-refractivity contribution in [1.82, 2.24) is 4.90 Å². The molecule has 3 N–H and O–H groups in total. The van der Waals surface area contributed by atoms with Crippen molar-refractivity contribution in [3.63, 3.8) is 0 Å². The Morgan fingerprint density at radius 2 is 2.26 bits per heavy atom. The molecule has 0 saturated carbocycles. The third kappa shape index (κ3) is 5.06. The first-order valence-corrected chi connectivity index (χ1v) is 6.80. The van der Waals surface area contributed by atoms with Crippen LogP contribution in [0.5, 0.6) is 0 Å². The zero-order valence-electron chi connectivity index (χ0n) is 12.0. The second-order valence-electron chi connectivity index (χ2n) is 5.60. The van der Waals surface area contributed by atoms with Gasteiger partial charge in [0.25, 0.3) is 0 Å². The van der Waals surface area contributed by atoms with Gasteiger partial charge in [-0.1, -0.05) is 19.0 Å². The van der Waals surface area contributed by atoms with Gasteiger partial charge in [0.05, 0.1) is 18.6 Å². The first-order chi connectivity index (χ1) is 8.93. The molecule has 1 rings (SSSR count). The van der Waals surface area contributed by atoms with Gasteiger partial charge in [-0.05, 0) is 19.3 Å². The Morgan fingerprint density at radius 3 is 2.74 bits per heavy atom. The van der Waals surface area contributed by atoms with E-state index in [0.717, 1.165) is 6.42 Å². The van der Waals surface area contributed by atoms with Crippen LogP contribution >= 0.6 is 0 Å².